The lowest BCUT2D eigenvalue weighted by Gasteiger charge is -2.36. The number of ether oxygens (including phenoxy) is 5. The Morgan fingerprint density at radius 2 is 1.20 bits per heavy atom. The molecule has 0 fully saturated rings. The molecule has 41 heavy (non-hydrogen) atoms. The van der Waals surface area contributed by atoms with Crippen LogP contribution in [0.3, 0.4) is 0 Å². The zero-order valence-corrected chi connectivity index (χ0v) is 23.9. The number of methoxy groups -OCH3 is 1. The Balaban J connectivity index is 1.68. The van der Waals surface area contributed by atoms with Crippen LogP contribution in [-0.2, 0) is 24.7 Å². The summed E-state index contributed by atoms with van der Waals surface area (Å²) in [6.45, 7) is 10.5. The summed E-state index contributed by atoms with van der Waals surface area (Å²) in [7, 11) is 1.26. The van der Waals surface area contributed by atoms with Gasteiger partial charge in [-0.1, -0.05) is 6.07 Å². The fourth-order valence-corrected chi connectivity index (χ4v) is 4.58. The van der Waals surface area contributed by atoms with Crippen LogP contribution in [0.15, 0.2) is 54.6 Å². The normalized spacial score (nSPS) is 14.7. The molecule has 9 heteroatoms. The van der Waals surface area contributed by atoms with Crippen molar-refractivity contribution in [2.24, 2.45) is 10.8 Å². The summed E-state index contributed by atoms with van der Waals surface area (Å²) in [4.78, 5) is 50.7. The molecule has 0 aromatic heterocycles. The standard InChI is InChI=1S/C32H30O9/c1-30(2,3)28(35)38-18-9-12-22-24(15-18)40-25-16-19(39-29(36)31(4,5)6)10-13-23(25)32(22)21-11-8-17(26(33)37-7)14-20(21)27(34)41-32/h8-16H,1-7H3. The van der Waals surface area contributed by atoms with Crippen molar-refractivity contribution in [1.29, 1.82) is 0 Å². The summed E-state index contributed by atoms with van der Waals surface area (Å²) in [5.74, 6) is -1.09. The third-order valence-corrected chi connectivity index (χ3v) is 6.82. The number of hydrogen-bond donors (Lipinski definition) is 0. The van der Waals surface area contributed by atoms with Gasteiger partial charge in [-0.2, -0.15) is 0 Å². The van der Waals surface area contributed by atoms with Gasteiger partial charge in [0.2, 0.25) is 0 Å². The smallest absolute Gasteiger partial charge is 0.340 e. The monoisotopic (exact) mass is 558 g/mol. The highest BCUT2D eigenvalue weighted by Gasteiger charge is 2.54. The Hall–Kier alpha value is -4.66. The van der Waals surface area contributed by atoms with Gasteiger partial charge in [-0.3, -0.25) is 9.59 Å². The van der Waals surface area contributed by atoms with Crippen molar-refractivity contribution in [3.05, 3.63) is 82.4 Å². The van der Waals surface area contributed by atoms with Crippen LogP contribution >= 0.6 is 0 Å². The van der Waals surface area contributed by atoms with Crippen LogP contribution in [0.5, 0.6) is 23.0 Å². The SMILES string of the molecule is COC(=O)c1ccc2c(c1)C(=O)OC21c2ccc(OC(=O)C(C)(C)C)cc2Oc2cc(OC(=O)C(C)(C)C)ccc21. The number of rotatable bonds is 3. The quantitative estimate of drug-likeness (QED) is 0.284. The molecule has 2 heterocycles. The van der Waals surface area contributed by atoms with Gasteiger partial charge in [0.1, 0.15) is 23.0 Å². The number of carbonyl (C=O) groups excluding carboxylic acids is 4. The first kappa shape index (κ1) is 27.9. The zero-order valence-electron chi connectivity index (χ0n) is 23.9. The van der Waals surface area contributed by atoms with Crippen molar-refractivity contribution in [1.82, 2.24) is 0 Å². The fourth-order valence-electron chi connectivity index (χ4n) is 4.58. The third kappa shape index (κ3) is 4.71. The Morgan fingerprint density at radius 3 is 1.66 bits per heavy atom. The number of fused-ring (bicyclic) bond motifs is 6. The third-order valence-electron chi connectivity index (χ3n) is 6.82. The second kappa shape index (κ2) is 9.47. The minimum absolute atomic E-state index is 0.193. The zero-order chi connectivity index (χ0) is 29.9. The van der Waals surface area contributed by atoms with Gasteiger partial charge in [-0.15, -0.1) is 0 Å². The van der Waals surface area contributed by atoms with Crippen molar-refractivity contribution in [3.8, 4) is 23.0 Å². The van der Waals surface area contributed by atoms with Gasteiger partial charge >= 0.3 is 23.9 Å². The van der Waals surface area contributed by atoms with Crippen molar-refractivity contribution >= 4 is 23.9 Å². The van der Waals surface area contributed by atoms with Gasteiger partial charge in [-0.25, -0.2) is 9.59 Å². The average molecular weight is 559 g/mol. The summed E-state index contributed by atoms with van der Waals surface area (Å²) in [6.07, 6.45) is 0. The number of benzene rings is 3. The summed E-state index contributed by atoms with van der Waals surface area (Å²) in [6, 6.07) is 14.3. The predicted octanol–water partition coefficient (Wildman–Crippen LogP) is 5.94. The first-order valence-electron chi connectivity index (χ1n) is 13.0. The molecule has 3 aromatic carbocycles. The molecule has 0 saturated heterocycles. The van der Waals surface area contributed by atoms with Crippen LogP contribution in [0.1, 0.15) is 78.9 Å². The maximum Gasteiger partial charge on any atom is 0.340 e. The van der Waals surface area contributed by atoms with E-state index in [1.807, 2.05) is 0 Å². The maximum atomic E-state index is 13.3. The molecule has 0 bridgehead atoms. The van der Waals surface area contributed by atoms with Crippen molar-refractivity contribution in [2.75, 3.05) is 7.11 Å². The van der Waals surface area contributed by atoms with Crippen molar-refractivity contribution in [3.63, 3.8) is 0 Å². The van der Waals surface area contributed by atoms with Gasteiger partial charge < -0.3 is 23.7 Å². The van der Waals surface area contributed by atoms with Crippen molar-refractivity contribution in [2.45, 2.75) is 47.1 Å². The molecule has 1 spiro atoms. The van der Waals surface area contributed by atoms with Gasteiger partial charge in [0.25, 0.3) is 0 Å². The van der Waals surface area contributed by atoms with Crippen LogP contribution in [0, 0.1) is 10.8 Å². The maximum absolute atomic E-state index is 13.3. The highest BCUT2D eigenvalue weighted by molar-refractivity contribution is 6.00. The fraction of sp³-hybridized carbons (Fsp3) is 0.312. The van der Waals surface area contributed by atoms with Gasteiger partial charge in [0.05, 0.1) is 29.1 Å². The lowest BCUT2D eigenvalue weighted by Crippen LogP contribution is -2.33. The van der Waals surface area contributed by atoms with E-state index in [9.17, 15) is 19.2 Å². The summed E-state index contributed by atoms with van der Waals surface area (Å²) in [5, 5.41) is 0. The van der Waals surface area contributed by atoms with Gasteiger partial charge in [0.15, 0.2) is 5.60 Å². The van der Waals surface area contributed by atoms with Crippen LogP contribution in [0.4, 0.5) is 0 Å². The van der Waals surface area contributed by atoms with E-state index in [0.717, 1.165) is 0 Å². The molecule has 2 aliphatic heterocycles. The van der Waals surface area contributed by atoms with E-state index in [1.54, 1.807) is 90.1 Å². The first-order valence-corrected chi connectivity index (χ1v) is 13.0. The molecule has 2 aliphatic rings. The topological polar surface area (TPSA) is 114 Å². The van der Waals surface area contributed by atoms with Gasteiger partial charge in [0, 0.05) is 28.8 Å². The molecule has 0 N–H and O–H groups in total. The Labute approximate surface area is 237 Å². The van der Waals surface area contributed by atoms with E-state index < -0.39 is 40.3 Å². The molecule has 0 unspecified atom stereocenters. The number of carbonyl (C=O) groups is 4. The van der Waals surface area contributed by atoms with E-state index in [-0.39, 0.29) is 34.1 Å². The molecule has 0 radical (unpaired) electrons. The minimum Gasteiger partial charge on any atom is -0.465 e. The van der Waals surface area contributed by atoms with Crippen LogP contribution in [-0.4, -0.2) is 31.0 Å². The van der Waals surface area contributed by atoms with E-state index in [4.69, 9.17) is 23.7 Å². The van der Waals surface area contributed by atoms with Crippen LogP contribution in [0.2, 0.25) is 0 Å². The van der Waals surface area contributed by atoms with Crippen LogP contribution in [0.25, 0.3) is 0 Å². The molecule has 0 amide bonds. The molecule has 5 rings (SSSR count). The highest BCUT2D eigenvalue weighted by Crippen LogP contribution is 2.57. The lowest BCUT2D eigenvalue weighted by molar-refractivity contribution is -0.143. The largest absolute Gasteiger partial charge is 0.465 e. The summed E-state index contributed by atoms with van der Waals surface area (Å²) < 4.78 is 28.4. The number of esters is 4. The molecule has 0 atom stereocenters. The predicted molar refractivity (Wildman–Crippen MR) is 146 cm³/mol. The Kier molecular flexibility index (Phi) is 6.44. The van der Waals surface area contributed by atoms with E-state index >= 15 is 0 Å². The van der Waals surface area contributed by atoms with E-state index in [0.29, 0.717) is 16.7 Å². The minimum atomic E-state index is -1.46. The Morgan fingerprint density at radius 1 is 0.707 bits per heavy atom. The van der Waals surface area contributed by atoms with E-state index in [2.05, 4.69) is 0 Å². The molecule has 0 saturated carbocycles. The van der Waals surface area contributed by atoms with E-state index in [1.165, 1.54) is 13.2 Å². The van der Waals surface area contributed by atoms with Crippen molar-refractivity contribution < 1.29 is 42.9 Å². The molecular weight excluding hydrogens is 528 g/mol. The lowest BCUT2D eigenvalue weighted by atomic mass is 9.77. The second-order valence-corrected chi connectivity index (χ2v) is 12.0. The molecule has 9 nitrogen and oxygen atoms in total. The van der Waals surface area contributed by atoms with Crippen LogP contribution < -0.4 is 14.2 Å². The second-order valence-electron chi connectivity index (χ2n) is 12.0. The Bertz CT molecular complexity index is 1540. The average Bonchev–Trinajstić information content (AvgIpc) is 3.18. The molecular formula is C32H30O9. The van der Waals surface area contributed by atoms with Gasteiger partial charge in [-0.05, 0) is 77.9 Å². The first-order chi connectivity index (χ1) is 19.1. The highest BCUT2D eigenvalue weighted by atomic mass is 16.6. The molecule has 212 valence electrons. The summed E-state index contributed by atoms with van der Waals surface area (Å²) >= 11 is 0. The molecule has 0 aliphatic carbocycles. The number of hydrogen-bond acceptors (Lipinski definition) is 9. The molecule has 3 aromatic rings. The summed E-state index contributed by atoms with van der Waals surface area (Å²) in [5.41, 5.74) is -1.10.